The standard InChI is InChI=1S/C17H15N3O3S/c1-11(2)23-16-9-13(7-8-18-16)17-19-15(10-24-17)12-3-5-14(6-4-12)20(21)22/h3-11H,1-2H3. The highest BCUT2D eigenvalue weighted by molar-refractivity contribution is 7.13. The van der Waals surface area contributed by atoms with Gasteiger partial charge in [-0.2, -0.15) is 0 Å². The van der Waals surface area contributed by atoms with E-state index in [0.717, 1.165) is 21.8 Å². The van der Waals surface area contributed by atoms with Crippen LogP contribution in [-0.2, 0) is 0 Å². The fourth-order valence-corrected chi connectivity index (χ4v) is 2.97. The molecule has 0 N–H and O–H groups in total. The van der Waals surface area contributed by atoms with Crippen LogP contribution in [0.3, 0.4) is 0 Å². The van der Waals surface area contributed by atoms with Crippen molar-refractivity contribution in [2.75, 3.05) is 0 Å². The highest BCUT2D eigenvalue weighted by Crippen LogP contribution is 2.30. The van der Waals surface area contributed by atoms with Crippen molar-refractivity contribution in [2.24, 2.45) is 0 Å². The topological polar surface area (TPSA) is 78.2 Å². The number of rotatable bonds is 5. The summed E-state index contributed by atoms with van der Waals surface area (Å²) in [5, 5.41) is 13.5. The summed E-state index contributed by atoms with van der Waals surface area (Å²) in [4.78, 5) is 19.1. The van der Waals surface area contributed by atoms with E-state index in [2.05, 4.69) is 9.97 Å². The summed E-state index contributed by atoms with van der Waals surface area (Å²) < 4.78 is 5.61. The summed E-state index contributed by atoms with van der Waals surface area (Å²) >= 11 is 1.51. The van der Waals surface area contributed by atoms with Gasteiger partial charge in [0.15, 0.2) is 0 Å². The maximum Gasteiger partial charge on any atom is 0.269 e. The molecule has 0 saturated carbocycles. The molecule has 0 atom stereocenters. The van der Waals surface area contributed by atoms with Crippen LogP contribution in [0.15, 0.2) is 48.0 Å². The van der Waals surface area contributed by atoms with Crippen LogP contribution in [0.1, 0.15) is 13.8 Å². The molecule has 0 radical (unpaired) electrons. The summed E-state index contributed by atoms with van der Waals surface area (Å²) in [6, 6.07) is 10.1. The van der Waals surface area contributed by atoms with Gasteiger partial charge in [-0.05, 0) is 32.0 Å². The second-order valence-electron chi connectivity index (χ2n) is 5.39. The van der Waals surface area contributed by atoms with Gasteiger partial charge in [0.2, 0.25) is 5.88 Å². The van der Waals surface area contributed by atoms with E-state index in [0.29, 0.717) is 5.88 Å². The van der Waals surface area contributed by atoms with Crippen molar-refractivity contribution in [3.63, 3.8) is 0 Å². The zero-order valence-electron chi connectivity index (χ0n) is 13.2. The van der Waals surface area contributed by atoms with Crippen molar-refractivity contribution >= 4 is 17.0 Å². The Hall–Kier alpha value is -2.80. The molecule has 0 fully saturated rings. The fourth-order valence-electron chi connectivity index (χ4n) is 2.14. The van der Waals surface area contributed by atoms with Crippen LogP contribution in [0.4, 0.5) is 5.69 Å². The lowest BCUT2D eigenvalue weighted by Gasteiger charge is -2.08. The molecule has 0 unspecified atom stereocenters. The molecule has 2 heterocycles. The van der Waals surface area contributed by atoms with Crippen LogP contribution < -0.4 is 4.74 Å². The molecule has 0 saturated heterocycles. The highest BCUT2D eigenvalue weighted by atomic mass is 32.1. The molecule has 1 aromatic carbocycles. The molecule has 24 heavy (non-hydrogen) atoms. The first-order valence-electron chi connectivity index (χ1n) is 7.36. The van der Waals surface area contributed by atoms with Gasteiger partial charge in [-0.15, -0.1) is 11.3 Å². The van der Waals surface area contributed by atoms with Crippen LogP contribution in [0, 0.1) is 10.1 Å². The highest BCUT2D eigenvalue weighted by Gasteiger charge is 2.10. The molecule has 2 aromatic heterocycles. The number of thiazole rings is 1. The van der Waals surface area contributed by atoms with Crippen molar-refractivity contribution in [3.8, 4) is 27.7 Å². The number of nitro benzene ring substituents is 1. The number of ether oxygens (including phenoxy) is 1. The first-order chi connectivity index (χ1) is 11.5. The lowest BCUT2D eigenvalue weighted by molar-refractivity contribution is -0.384. The van der Waals surface area contributed by atoms with E-state index in [1.807, 2.05) is 31.4 Å². The van der Waals surface area contributed by atoms with Crippen molar-refractivity contribution in [1.29, 1.82) is 0 Å². The summed E-state index contributed by atoms with van der Waals surface area (Å²) in [7, 11) is 0. The molecule has 6 nitrogen and oxygen atoms in total. The molecule has 3 rings (SSSR count). The quantitative estimate of drug-likeness (QED) is 0.502. The zero-order valence-corrected chi connectivity index (χ0v) is 14.0. The van der Waals surface area contributed by atoms with Gasteiger partial charge in [0.05, 0.1) is 16.7 Å². The van der Waals surface area contributed by atoms with Gasteiger partial charge in [0, 0.05) is 40.9 Å². The third kappa shape index (κ3) is 3.57. The summed E-state index contributed by atoms with van der Waals surface area (Å²) in [5.74, 6) is 0.564. The minimum Gasteiger partial charge on any atom is -0.475 e. The molecule has 0 aliphatic carbocycles. The van der Waals surface area contributed by atoms with E-state index in [9.17, 15) is 10.1 Å². The Morgan fingerprint density at radius 3 is 2.58 bits per heavy atom. The fraction of sp³-hybridized carbons (Fsp3) is 0.176. The van der Waals surface area contributed by atoms with Crippen LogP contribution in [0.2, 0.25) is 0 Å². The number of hydrogen-bond acceptors (Lipinski definition) is 6. The Morgan fingerprint density at radius 1 is 1.17 bits per heavy atom. The SMILES string of the molecule is CC(C)Oc1cc(-c2nc(-c3ccc([N+](=O)[O-])cc3)cs2)ccn1. The third-order valence-corrected chi connectivity index (χ3v) is 4.11. The summed E-state index contributed by atoms with van der Waals surface area (Å²) in [5.41, 5.74) is 2.63. The lowest BCUT2D eigenvalue weighted by atomic mass is 10.1. The monoisotopic (exact) mass is 341 g/mol. The number of aromatic nitrogens is 2. The number of non-ortho nitro benzene ring substituents is 1. The Morgan fingerprint density at radius 2 is 1.92 bits per heavy atom. The van der Waals surface area contributed by atoms with Gasteiger partial charge in [-0.25, -0.2) is 9.97 Å². The molecular formula is C17H15N3O3S. The van der Waals surface area contributed by atoms with Crippen LogP contribution in [-0.4, -0.2) is 21.0 Å². The van der Waals surface area contributed by atoms with Crippen molar-refractivity contribution in [3.05, 3.63) is 58.1 Å². The number of nitro groups is 1. The zero-order chi connectivity index (χ0) is 17.1. The molecule has 7 heteroatoms. The summed E-state index contributed by atoms with van der Waals surface area (Å²) in [6.45, 7) is 3.90. The van der Waals surface area contributed by atoms with Crippen molar-refractivity contribution < 1.29 is 9.66 Å². The minimum absolute atomic E-state index is 0.0553. The predicted octanol–water partition coefficient (Wildman–Crippen LogP) is 4.57. The molecule has 0 aliphatic rings. The Labute approximate surface area is 142 Å². The van der Waals surface area contributed by atoms with Gasteiger partial charge in [0.25, 0.3) is 5.69 Å². The van der Waals surface area contributed by atoms with Gasteiger partial charge < -0.3 is 4.74 Å². The number of pyridine rings is 1. The molecule has 0 spiro atoms. The average molecular weight is 341 g/mol. The van der Waals surface area contributed by atoms with E-state index in [1.165, 1.54) is 23.5 Å². The van der Waals surface area contributed by atoms with Gasteiger partial charge in [-0.3, -0.25) is 10.1 Å². The maximum atomic E-state index is 10.7. The van der Waals surface area contributed by atoms with Gasteiger partial charge in [0.1, 0.15) is 5.01 Å². The van der Waals surface area contributed by atoms with Gasteiger partial charge in [-0.1, -0.05) is 0 Å². The first-order valence-corrected chi connectivity index (χ1v) is 8.24. The first kappa shape index (κ1) is 16.1. The number of benzene rings is 1. The Kier molecular flexibility index (Phi) is 4.52. The number of hydrogen-bond donors (Lipinski definition) is 0. The Bertz CT molecular complexity index is 860. The third-order valence-electron chi connectivity index (χ3n) is 3.22. The normalized spacial score (nSPS) is 10.8. The molecule has 0 amide bonds. The largest absolute Gasteiger partial charge is 0.475 e. The lowest BCUT2D eigenvalue weighted by Crippen LogP contribution is -2.06. The second kappa shape index (κ2) is 6.76. The molecule has 3 aromatic rings. The van der Waals surface area contributed by atoms with Gasteiger partial charge >= 0.3 is 0 Å². The van der Waals surface area contributed by atoms with Crippen LogP contribution in [0.5, 0.6) is 5.88 Å². The molecule has 0 bridgehead atoms. The van der Waals surface area contributed by atoms with Crippen molar-refractivity contribution in [2.45, 2.75) is 20.0 Å². The Balaban J connectivity index is 1.86. The van der Waals surface area contributed by atoms with E-state index < -0.39 is 4.92 Å². The number of nitrogens with zero attached hydrogens (tertiary/aromatic N) is 3. The second-order valence-corrected chi connectivity index (χ2v) is 6.25. The van der Waals surface area contributed by atoms with E-state index in [1.54, 1.807) is 18.3 Å². The van der Waals surface area contributed by atoms with E-state index in [4.69, 9.17) is 4.74 Å². The van der Waals surface area contributed by atoms with Crippen LogP contribution in [0.25, 0.3) is 21.8 Å². The predicted molar refractivity (Wildman–Crippen MR) is 93.2 cm³/mol. The smallest absolute Gasteiger partial charge is 0.269 e. The summed E-state index contributed by atoms with van der Waals surface area (Å²) in [6.07, 6.45) is 1.75. The molecule has 0 aliphatic heterocycles. The average Bonchev–Trinajstić information content (AvgIpc) is 3.04. The minimum atomic E-state index is -0.413. The van der Waals surface area contributed by atoms with E-state index in [-0.39, 0.29) is 11.8 Å². The van der Waals surface area contributed by atoms with Crippen LogP contribution >= 0.6 is 11.3 Å². The van der Waals surface area contributed by atoms with Crippen molar-refractivity contribution in [1.82, 2.24) is 9.97 Å². The molecule has 122 valence electrons. The van der Waals surface area contributed by atoms with E-state index >= 15 is 0 Å². The maximum absolute atomic E-state index is 10.7. The molecular weight excluding hydrogens is 326 g/mol.